The molecular formula is C21H24N4O. The summed E-state index contributed by atoms with van der Waals surface area (Å²) in [6.45, 7) is 3.82. The number of benzene rings is 1. The maximum atomic E-state index is 12.9. The number of rotatable bonds is 5. The summed E-state index contributed by atoms with van der Waals surface area (Å²) in [5, 5.41) is 0. The van der Waals surface area contributed by atoms with E-state index in [4.69, 9.17) is 4.98 Å². The molecule has 1 amide bonds. The van der Waals surface area contributed by atoms with Crippen LogP contribution >= 0.6 is 0 Å². The first-order chi connectivity index (χ1) is 12.8. The lowest BCUT2D eigenvalue weighted by Gasteiger charge is -2.25. The number of aryl methyl sites for hydroxylation is 2. The summed E-state index contributed by atoms with van der Waals surface area (Å²) in [6.07, 6.45) is 4.99. The number of hydrogen-bond donors (Lipinski definition) is 0. The molecule has 5 nitrogen and oxygen atoms in total. The number of nitrogens with zero attached hydrogens (tertiary/aromatic N) is 4. The largest absolute Gasteiger partial charge is 0.332 e. The van der Waals surface area contributed by atoms with Crippen LogP contribution in [-0.2, 0) is 17.8 Å². The van der Waals surface area contributed by atoms with Crippen molar-refractivity contribution in [2.24, 2.45) is 0 Å². The molecule has 5 heteroatoms. The van der Waals surface area contributed by atoms with Crippen molar-refractivity contribution >= 4 is 16.9 Å². The highest BCUT2D eigenvalue weighted by molar-refractivity contribution is 5.78. The molecule has 1 aromatic carbocycles. The summed E-state index contributed by atoms with van der Waals surface area (Å²) in [6, 6.07) is 14.1. The molecule has 1 aliphatic rings. The maximum Gasteiger partial charge on any atom is 0.223 e. The summed E-state index contributed by atoms with van der Waals surface area (Å²) in [5.74, 6) is 1.23. The number of carbonyl (C=O) groups excluding carboxylic acids is 1. The molecule has 0 radical (unpaired) electrons. The number of para-hydroxylation sites is 2. The van der Waals surface area contributed by atoms with Gasteiger partial charge >= 0.3 is 0 Å². The summed E-state index contributed by atoms with van der Waals surface area (Å²) in [4.78, 5) is 24.1. The summed E-state index contributed by atoms with van der Waals surface area (Å²) in [5.41, 5.74) is 3.13. The van der Waals surface area contributed by atoms with Crippen LogP contribution in [0.15, 0.2) is 48.7 Å². The second kappa shape index (κ2) is 7.28. The van der Waals surface area contributed by atoms with E-state index in [2.05, 4.69) is 22.5 Å². The van der Waals surface area contributed by atoms with Gasteiger partial charge in [0.1, 0.15) is 5.82 Å². The molecule has 0 aliphatic carbocycles. The maximum absolute atomic E-state index is 12.9. The van der Waals surface area contributed by atoms with Gasteiger partial charge in [-0.05, 0) is 50.5 Å². The van der Waals surface area contributed by atoms with Crippen molar-refractivity contribution in [3.05, 3.63) is 60.2 Å². The van der Waals surface area contributed by atoms with E-state index < -0.39 is 0 Å². The van der Waals surface area contributed by atoms with E-state index in [1.165, 1.54) is 0 Å². The van der Waals surface area contributed by atoms with Crippen molar-refractivity contribution < 1.29 is 4.79 Å². The Morgan fingerprint density at radius 3 is 2.85 bits per heavy atom. The standard InChI is InChI=1S/C21H24N4O/c1-2-24-18-10-4-3-9-17(18)23-21(24)19-11-7-15-25(19)20(26)13-12-16-8-5-6-14-22-16/h3-6,8-10,14,19H,2,7,11-13,15H2,1H3. The van der Waals surface area contributed by atoms with E-state index in [9.17, 15) is 4.79 Å². The lowest BCUT2D eigenvalue weighted by atomic mass is 10.1. The first-order valence-electron chi connectivity index (χ1n) is 9.42. The molecule has 1 saturated heterocycles. The monoisotopic (exact) mass is 348 g/mol. The average molecular weight is 348 g/mol. The summed E-state index contributed by atoms with van der Waals surface area (Å²) < 4.78 is 2.25. The van der Waals surface area contributed by atoms with Crippen molar-refractivity contribution in [1.29, 1.82) is 0 Å². The van der Waals surface area contributed by atoms with E-state index in [0.29, 0.717) is 12.8 Å². The highest BCUT2D eigenvalue weighted by Gasteiger charge is 2.33. The average Bonchev–Trinajstić information content (AvgIpc) is 3.31. The van der Waals surface area contributed by atoms with Gasteiger partial charge in [-0.15, -0.1) is 0 Å². The second-order valence-corrected chi connectivity index (χ2v) is 6.77. The smallest absolute Gasteiger partial charge is 0.223 e. The normalized spacial score (nSPS) is 17.1. The van der Waals surface area contributed by atoms with Crippen molar-refractivity contribution in [3.63, 3.8) is 0 Å². The molecule has 3 aromatic rings. The number of pyridine rings is 1. The zero-order chi connectivity index (χ0) is 17.9. The van der Waals surface area contributed by atoms with Crippen LogP contribution in [-0.4, -0.2) is 31.9 Å². The predicted molar refractivity (Wildman–Crippen MR) is 102 cm³/mol. The minimum Gasteiger partial charge on any atom is -0.332 e. The fourth-order valence-corrected chi connectivity index (χ4v) is 3.94. The van der Waals surface area contributed by atoms with Gasteiger partial charge in [-0.2, -0.15) is 0 Å². The first-order valence-corrected chi connectivity index (χ1v) is 9.42. The number of imidazole rings is 1. The van der Waals surface area contributed by atoms with E-state index in [1.54, 1.807) is 6.20 Å². The predicted octanol–water partition coefficient (Wildman–Crippen LogP) is 3.75. The topological polar surface area (TPSA) is 51.0 Å². The molecular weight excluding hydrogens is 324 g/mol. The van der Waals surface area contributed by atoms with Crippen LogP contribution in [0.2, 0.25) is 0 Å². The van der Waals surface area contributed by atoms with E-state index in [-0.39, 0.29) is 11.9 Å². The zero-order valence-corrected chi connectivity index (χ0v) is 15.1. The third-order valence-corrected chi connectivity index (χ3v) is 5.19. The highest BCUT2D eigenvalue weighted by atomic mass is 16.2. The van der Waals surface area contributed by atoms with E-state index in [1.807, 2.05) is 41.3 Å². The van der Waals surface area contributed by atoms with Gasteiger partial charge in [0, 0.05) is 31.4 Å². The minimum atomic E-state index is 0.0820. The molecule has 134 valence electrons. The Bertz CT molecular complexity index is 903. The molecule has 0 bridgehead atoms. The minimum absolute atomic E-state index is 0.0820. The van der Waals surface area contributed by atoms with E-state index >= 15 is 0 Å². The quantitative estimate of drug-likeness (QED) is 0.706. The zero-order valence-electron chi connectivity index (χ0n) is 15.1. The Morgan fingerprint density at radius 1 is 1.19 bits per heavy atom. The third kappa shape index (κ3) is 3.09. The molecule has 3 heterocycles. The Kier molecular flexibility index (Phi) is 4.69. The summed E-state index contributed by atoms with van der Waals surface area (Å²) in [7, 11) is 0. The number of aromatic nitrogens is 3. The van der Waals surface area contributed by atoms with Gasteiger partial charge in [-0.1, -0.05) is 18.2 Å². The Labute approximate surface area is 153 Å². The Hall–Kier alpha value is -2.69. The van der Waals surface area contributed by atoms with Gasteiger partial charge in [-0.25, -0.2) is 4.98 Å². The number of amides is 1. The molecule has 4 rings (SSSR count). The molecule has 1 atom stereocenters. The van der Waals surface area contributed by atoms with Gasteiger partial charge in [0.25, 0.3) is 0 Å². The fourth-order valence-electron chi connectivity index (χ4n) is 3.94. The molecule has 1 unspecified atom stereocenters. The molecule has 0 N–H and O–H groups in total. The van der Waals surface area contributed by atoms with E-state index in [0.717, 1.165) is 48.5 Å². The molecule has 0 spiro atoms. The molecule has 2 aromatic heterocycles. The van der Waals surface area contributed by atoms with Crippen LogP contribution in [0.25, 0.3) is 11.0 Å². The number of carbonyl (C=O) groups is 1. The Balaban J connectivity index is 1.56. The molecule has 1 aliphatic heterocycles. The lowest BCUT2D eigenvalue weighted by Crippen LogP contribution is -2.32. The van der Waals surface area contributed by atoms with Gasteiger partial charge in [-0.3, -0.25) is 9.78 Å². The van der Waals surface area contributed by atoms with Crippen molar-refractivity contribution in [2.75, 3.05) is 6.54 Å². The SMILES string of the molecule is CCn1c(C2CCCN2C(=O)CCc2ccccn2)nc2ccccc21. The van der Waals surface area contributed by atoms with Gasteiger partial charge in [0.2, 0.25) is 5.91 Å². The van der Waals surface area contributed by atoms with Gasteiger partial charge in [0.05, 0.1) is 17.1 Å². The van der Waals surface area contributed by atoms with Crippen LogP contribution in [0.1, 0.15) is 43.7 Å². The first kappa shape index (κ1) is 16.8. The molecule has 0 saturated carbocycles. The number of hydrogen-bond acceptors (Lipinski definition) is 3. The molecule has 1 fully saturated rings. The van der Waals surface area contributed by atoms with Gasteiger partial charge in [0.15, 0.2) is 0 Å². The fraction of sp³-hybridized carbons (Fsp3) is 0.381. The van der Waals surface area contributed by atoms with Crippen LogP contribution in [0.4, 0.5) is 0 Å². The summed E-state index contributed by atoms with van der Waals surface area (Å²) >= 11 is 0. The van der Waals surface area contributed by atoms with Crippen molar-refractivity contribution in [3.8, 4) is 0 Å². The number of fused-ring (bicyclic) bond motifs is 1. The van der Waals surface area contributed by atoms with Gasteiger partial charge < -0.3 is 9.47 Å². The van der Waals surface area contributed by atoms with Crippen LogP contribution in [0.5, 0.6) is 0 Å². The lowest BCUT2D eigenvalue weighted by molar-refractivity contribution is -0.132. The molecule has 26 heavy (non-hydrogen) atoms. The van der Waals surface area contributed by atoms with Crippen LogP contribution < -0.4 is 0 Å². The van der Waals surface area contributed by atoms with Crippen LogP contribution in [0.3, 0.4) is 0 Å². The number of likely N-dealkylation sites (tertiary alicyclic amines) is 1. The van der Waals surface area contributed by atoms with Crippen molar-refractivity contribution in [2.45, 2.75) is 45.2 Å². The highest BCUT2D eigenvalue weighted by Crippen LogP contribution is 2.34. The third-order valence-electron chi connectivity index (χ3n) is 5.19. The van der Waals surface area contributed by atoms with Crippen LogP contribution in [0, 0.1) is 0 Å². The Morgan fingerprint density at radius 2 is 2.04 bits per heavy atom. The second-order valence-electron chi connectivity index (χ2n) is 6.77. The van der Waals surface area contributed by atoms with Crippen molar-refractivity contribution in [1.82, 2.24) is 19.4 Å².